The summed E-state index contributed by atoms with van der Waals surface area (Å²) in [5, 5.41) is 8.04. The Hall–Kier alpha value is -0.570. The molecule has 1 N–H and O–H groups in total. The van der Waals surface area contributed by atoms with Crippen molar-refractivity contribution in [1.82, 2.24) is 0 Å². The molecule has 50 valence electrons. The highest BCUT2D eigenvalue weighted by molar-refractivity contribution is 6.57. The Morgan fingerprint density at radius 3 is 2.22 bits per heavy atom. The van der Waals surface area contributed by atoms with Crippen LogP contribution in [0.2, 0.25) is 0 Å². The van der Waals surface area contributed by atoms with E-state index in [1.54, 1.807) is 0 Å². The summed E-state index contributed by atoms with van der Waals surface area (Å²) in [6.07, 6.45) is 0.920. The third kappa shape index (κ3) is 2.46. The topological polar surface area (TPSA) is 66.7 Å². The first-order valence-corrected chi connectivity index (χ1v) is 2.46. The van der Waals surface area contributed by atoms with Crippen molar-refractivity contribution in [2.45, 2.75) is 4.46 Å². The molecule has 0 radical (unpaired) electrons. The highest BCUT2D eigenvalue weighted by Gasteiger charge is 2.32. The summed E-state index contributed by atoms with van der Waals surface area (Å²) in [6.45, 7) is 0. The highest BCUT2D eigenvalue weighted by Crippen LogP contribution is 2.21. The van der Waals surface area contributed by atoms with E-state index in [2.05, 4.69) is 4.99 Å². The molecular formula is C3HCl2NO3. The van der Waals surface area contributed by atoms with E-state index in [9.17, 15) is 9.59 Å². The van der Waals surface area contributed by atoms with Gasteiger partial charge >= 0.3 is 10.4 Å². The molecule has 0 aliphatic carbocycles. The van der Waals surface area contributed by atoms with Crippen LogP contribution >= 0.6 is 23.2 Å². The Bertz CT molecular complexity index is 168. The maximum absolute atomic E-state index is 9.87. The number of halogens is 2. The number of aliphatic carboxylic acids is 1. The third-order valence-electron chi connectivity index (χ3n) is 0.443. The zero-order chi connectivity index (χ0) is 7.49. The molecule has 0 aromatic carbocycles. The summed E-state index contributed by atoms with van der Waals surface area (Å²) >= 11 is 9.82. The normalized spacial score (nSPS) is 10.0. The number of carboxylic acid groups (broad SMARTS) is 1. The number of hydrogen-bond donors (Lipinski definition) is 1. The maximum Gasteiger partial charge on any atom is 0.364 e. The molecule has 6 heteroatoms. The summed E-state index contributed by atoms with van der Waals surface area (Å²) in [4.78, 5) is 21.9. The lowest BCUT2D eigenvalue weighted by atomic mass is 10.7. The Balaban J connectivity index is 4.37. The van der Waals surface area contributed by atoms with Crippen molar-refractivity contribution in [2.24, 2.45) is 4.99 Å². The molecule has 4 nitrogen and oxygen atoms in total. The van der Waals surface area contributed by atoms with Crippen LogP contribution < -0.4 is 0 Å². The van der Waals surface area contributed by atoms with Crippen LogP contribution in [0, 0.1) is 0 Å². The van der Waals surface area contributed by atoms with Crippen molar-refractivity contribution in [3.8, 4) is 0 Å². The van der Waals surface area contributed by atoms with Crippen LogP contribution in [0.3, 0.4) is 0 Å². The highest BCUT2D eigenvalue weighted by atomic mass is 35.5. The van der Waals surface area contributed by atoms with Gasteiger partial charge in [-0.05, 0) is 0 Å². The Morgan fingerprint density at radius 1 is 1.67 bits per heavy atom. The molecule has 0 heterocycles. The van der Waals surface area contributed by atoms with E-state index in [1.807, 2.05) is 0 Å². The van der Waals surface area contributed by atoms with Gasteiger partial charge in [0.1, 0.15) is 0 Å². The summed E-state index contributed by atoms with van der Waals surface area (Å²) in [5.74, 6) is -1.60. The lowest BCUT2D eigenvalue weighted by Gasteiger charge is -2.02. The molecule has 9 heavy (non-hydrogen) atoms. The van der Waals surface area contributed by atoms with Crippen molar-refractivity contribution in [3.05, 3.63) is 0 Å². The average Bonchev–Trinajstić information content (AvgIpc) is 1.65. The molecule has 0 amide bonds. The second-order valence-corrected chi connectivity index (χ2v) is 2.34. The van der Waals surface area contributed by atoms with Gasteiger partial charge < -0.3 is 5.11 Å². The van der Waals surface area contributed by atoms with Crippen molar-refractivity contribution < 1.29 is 14.7 Å². The van der Waals surface area contributed by atoms with E-state index in [0.717, 1.165) is 6.08 Å². The fourth-order valence-corrected chi connectivity index (χ4v) is 0.174. The smallest absolute Gasteiger partial charge is 0.364 e. The van der Waals surface area contributed by atoms with Crippen LogP contribution in [0.5, 0.6) is 0 Å². The van der Waals surface area contributed by atoms with E-state index in [4.69, 9.17) is 28.3 Å². The Morgan fingerprint density at radius 2 is 2.11 bits per heavy atom. The molecule has 0 unspecified atom stereocenters. The minimum Gasteiger partial charge on any atom is -0.478 e. The van der Waals surface area contributed by atoms with Crippen molar-refractivity contribution in [3.63, 3.8) is 0 Å². The first-order valence-electron chi connectivity index (χ1n) is 1.71. The SMILES string of the molecule is O=C=NC(Cl)(Cl)C(=O)O. The molecule has 0 rings (SSSR count). The number of carboxylic acids is 1. The van der Waals surface area contributed by atoms with Crippen molar-refractivity contribution >= 4 is 35.3 Å². The van der Waals surface area contributed by atoms with Crippen molar-refractivity contribution in [1.29, 1.82) is 0 Å². The van der Waals surface area contributed by atoms with Crippen LogP contribution in [-0.2, 0) is 9.59 Å². The monoisotopic (exact) mass is 169 g/mol. The molecule has 0 spiro atoms. The largest absolute Gasteiger partial charge is 0.478 e. The average molecular weight is 170 g/mol. The van der Waals surface area contributed by atoms with Gasteiger partial charge in [-0.2, -0.15) is 4.99 Å². The number of carbonyl (C=O) groups is 1. The summed E-state index contributed by atoms with van der Waals surface area (Å²) in [6, 6.07) is 0. The molecule has 0 saturated heterocycles. The van der Waals surface area contributed by atoms with E-state index in [-0.39, 0.29) is 0 Å². The van der Waals surface area contributed by atoms with E-state index in [1.165, 1.54) is 0 Å². The van der Waals surface area contributed by atoms with E-state index < -0.39 is 10.4 Å². The zero-order valence-corrected chi connectivity index (χ0v) is 5.48. The predicted octanol–water partition coefficient (Wildman–Crippen LogP) is 0.538. The zero-order valence-electron chi connectivity index (χ0n) is 3.97. The quantitative estimate of drug-likeness (QED) is 0.284. The first kappa shape index (κ1) is 8.43. The molecule has 0 aliphatic heterocycles. The number of isocyanates is 1. The Labute approximate surface area is 60.1 Å². The van der Waals surface area contributed by atoms with Gasteiger partial charge in [-0.15, -0.1) is 0 Å². The third-order valence-corrected chi connectivity index (χ3v) is 0.936. The van der Waals surface area contributed by atoms with E-state index >= 15 is 0 Å². The molecule has 0 fully saturated rings. The van der Waals surface area contributed by atoms with Gasteiger partial charge in [-0.3, -0.25) is 0 Å². The summed E-state index contributed by atoms with van der Waals surface area (Å²) < 4.78 is -2.39. The van der Waals surface area contributed by atoms with Crippen LogP contribution in [0.4, 0.5) is 0 Å². The molecule has 0 saturated carbocycles. The number of nitrogens with zero attached hydrogens (tertiary/aromatic N) is 1. The van der Waals surface area contributed by atoms with Crippen molar-refractivity contribution in [2.75, 3.05) is 0 Å². The summed E-state index contributed by atoms with van der Waals surface area (Å²) in [5.41, 5.74) is 0. The van der Waals surface area contributed by atoms with E-state index in [0.29, 0.717) is 0 Å². The van der Waals surface area contributed by atoms with Gasteiger partial charge in [0, 0.05) is 0 Å². The van der Waals surface area contributed by atoms with Gasteiger partial charge in [0.05, 0.1) is 0 Å². The number of aliphatic imine (C=N–C) groups is 1. The van der Waals surface area contributed by atoms with Gasteiger partial charge in [0.15, 0.2) is 0 Å². The molecule has 0 aliphatic rings. The number of alkyl halides is 2. The second-order valence-electron chi connectivity index (χ2n) is 1.05. The molecule has 0 aromatic heterocycles. The maximum atomic E-state index is 9.87. The lowest BCUT2D eigenvalue weighted by Crippen LogP contribution is -2.22. The Kier molecular flexibility index (Phi) is 2.65. The molecular weight excluding hydrogens is 169 g/mol. The van der Waals surface area contributed by atoms with Crippen LogP contribution in [-0.4, -0.2) is 21.6 Å². The number of carbonyl (C=O) groups excluding carboxylic acids is 1. The molecule has 0 atom stereocenters. The first-order chi connectivity index (χ1) is 4.00. The minimum absolute atomic E-state index is 0.920. The van der Waals surface area contributed by atoms with Gasteiger partial charge in [0.2, 0.25) is 6.08 Å². The standard InChI is InChI=1S/C3HCl2NO3/c4-3(5,2(8)9)6-1-7/h(H,8,9). The number of rotatable bonds is 2. The van der Waals surface area contributed by atoms with Gasteiger partial charge in [0.25, 0.3) is 0 Å². The van der Waals surface area contributed by atoms with Gasteiger partial charge in [-0.25, -0.2) is 9.59 Å². The number of hydrogen-bond acceptors (Lipinski definition) is 3. The van der Waals surface area contributed by atoms with Crippen LogP contribution in [0.1, 0.15) is 0 Å². The lowest BCUT2D eigenvalue weighted by molar-refractivity contribution is -0.137. The predicted molar refractivity (Wildman–Crippen MR) is 30.2 cm³/mol. The van der Waals surface area contributed by atoms with Gasteiger partial charge in [-0.1, -0.05) is 23.2 Å². The minimum atomic E-state index is -2.39. The summed E-state index contributed by atoms with van der Waals surface area (Å²) in [7, 11) is 0. The van der Waals surface area contributed by atoms with Crippen LogP contribution in [0.25, 0.3) is 0 Å². The second kappa shape index (κ2) is 2.82. The molecule has 0 bridgehead atoms. The fourth-order valence-electron chi connectivity index (χ4n) is 0.105. The molecule has 0 aromatic rings. The fraction of sp³-hybridized carbons (Fsp3) is 0.333. The van der Waals surface area contributed by atoms with Crippen LogP contribution in [0.15, 0.2) is 4.99 Å².